The molecule has 0 saturated carbocycles. The lowest BCUT2D eigenvalue weighted by Gasteiger charge is -2.06. The molecule has 1 rings (SSSR count). The van der Waals surface area contributed by atoms with Crippen molar-refractivity contribution in [3.8, 4) is 0 Å². The Morgan fingerprint density at radius 3 is 2.50 bits per heavy atom. The number of thiophene rings is 1. The van der Waals surface area contributed by atoms with Gasteiger partial charge in [0.15, 0.2) is 0 Å². The van der Waals surface area contributed by atoms with Crippen LogP contribution in [0, 0.1) is 6.92 Å². The summed E-state index contributed by atoms with van der Waals surface area (Å²) in [5.41, 5.74) is 0.960. The van der Waals surface area contributed by atoms with Crippen LogP contribution in [0.4, 0.5) is 0 Å². The smallest absolute Gasteiger partial charge is 0.312 e. The molecule has 0 spiro atoms. The number of aryl methyl sites for hydroxylation is 1. The lowest BCUT2D eigenvalue weighted by Crippen LogP contribution is -2.14. The fourth-order valence-electron chi connectivity index (χ4n) is 1.12. The molecule has 5 heteroatoms. The van der Waals surface area contributed by atoms with E-state index in [1.54, 1.807) is 6.07 Å². The average Bonchev–Trinajstić information content (AvgIpc) is 2.46. The highest BCUT2D eigenvalue weighted by Crippen LogP contribution is 2.26. The molecule has 0 fully saturated rings. The Morgan fingerprint density at radius 2 is 2.14 bits per heavy atom. The molecule has 14 heavy (non-hydrogen) atoms. The summed E-state index contributed by atoms with van der Waals surface area (Å²) >= 11 is 1.28. The molecule has 0 radical (unpaired) electrons. The summed E-state index contributed by atoms with van der Waals surface area (Å²) in [6.07, 6.45) is -0.366. The van der Waals surface area contributed by atoms with Gasteiger partial charge < -0.3 is 10.2 Å². The van der Waals surface area contributed by atoms with Gasteiger partial charge >= 0.3 is 11.9 Å². The molecule has 2 N–H and O–H groups in total. The summed E-state index contributed by atoms with van der Waals surface area (Å²) in [5.74, 6) is -3.11. The van der Waals surface area contributed by atoms with Crippen molar-refractivity contribution in [3.05, 3.63) is 21.9 Å². The number of hydrogen-bond acceptors (Lipinski definition) is 3. The van der Waals surface area contributed by atoms with Gasteiger partial charge in [0.2, 0.25) is 0 Å². The highest BCUT2D eigenvalue weighted by molar-refractivity contribution is 7.10. The van der Waals surface area contributed by atoms with Crippen LogP contribution in [0.2, 0.25) is 0 Å². The monoisotopic (exact) mass is 214 g/mol. The third-order valence-electron chi connectivity index (χ3n) is 1.77. The van der Waals surface area contributed by atoms with Crippen molar-refractivity contribution >= 4 is 23.3 Å². The molecule has 0 aliphatic heterocycles. The maximum Gasteiger partial charge on any atom is 0.312 e. The Morgan fingerprint density at radius 1 is 1.50 bits per heavy atom. The maximum atomic E-state index is 10.8. The van der Waals surface area contributed by atoms with E-state index >= 15 is 0 Å². The quantitative estimate of drug-likeness (QED) is 0.799. The maximum absolute atomic E-state index is 10.8. The summed E-state index contributed by atoms with van der Waals surface area (Å²) in [7, 11) is 0. The van der Waals surface area contributed by atoms with Gasteiger partial charge in [-0.05, 0) is 23.9 Å². The molecule has 0 amide bonds. The molecule has 0 aromatic carbocycles. The predicted octanol–water partition coefficient (Wildman–Crippen LogP) is 1.70. The van der Waals surface area contributed by atoms with Crippen LogP contribution in [-0.4, -0.2) is 22.2 Å². The Kier molecular flexibility index (Phi) is 3.24. The molecule has 0 aliphatic carbocycles. The first-order chi connectivity index (χ1) is 6.50. The van der Waals surface area contributed by atoms with E-state index in [1.165, 1.54) is 11.3 Å². The fraction of sp³-hybridized carbons (Fsp3) is 0.333. The van der Waals surface area contributed by atoms with E-state index in [1.807, 2.05) is 12.3 Å². The predicted molar refractivity (Wildman–Crippen MR) is 51.7 cm³/mol. The Bertz CT molecular complexity index is 355. The first kappa shape index (κ1) is 10.7. The molecule has 1 unspecified atom stereocenters. The lowest BCUT2D eigenvalue weighted by atomic mass is 10.0. The second kappa shape index (κ2) is 4.23. The molecular weight excluding hydrogens is 204 g/mol. The fourth-order valence-corrected chi connectivity index (χ4v) is 2.11. The van der Waals surface area contributed by atoms with E-state index in [2.05, 4.69) is 0 Å². The Balaban J connectivity index is 2.88. The first-order valence-corrected chi connectivity index (χ1v) is 4.88. The molecule has 0 saturated heterocycles. The van der Waals surface area contributed by atoms with Crippen LogP contribution in [-0.2, 0) is 9.59 Å². The standard InChI is InChI=1S/C9H10O4S/c1-5-2-7(14-4-5)6(9(12)13)3-8(10)11/h2,4,6H,3H2,1H3,(H,10,11)(H,12,13). The number of carbonyl (C=O) groups is 2. The number of aliphatic carboxylic acids is 2. The van der Waals surface area contributed by atoms with Crippen molar-refractivity contribution in [2.24, 2.45) is 0 Å². The SMILES string of the molecule is Cc1csc(C(CC(=O)O)C(=O)O)c1. The van der Waals surface area contributed by atoms with E-state index in [0.717, 1.165) is 5.56 Å². The summed E-state index contributed by atoms with van der Waals surface area (Å²) in [6.45, 7) is 1.85. The molecule has 1 aromatic heterocycles. The zero-order valence-corrected chi connectivity index (χ0v) is 8.37. The molecule has 4 nitrogen and oxygen atoms in total. The third kappa shape index (κ3) is 2.56. The minimum Gasteiger partial charge on any atom is -0.481 e. The molecule has 1 aromatic rings. The van der Waals surface area contributed by atoms with Gasteiger partial charge in [0.05, 0.1) is 6.42 Å². The second-order valence-electron chi connectivity index (χ2n) is 3.02. The van der Waals surface area contributed by atoms with Gasteiger partial charge in [0.1, 0.15) is 5.92 Å². The highest BCUT2D eigenvalue weighted by Gasteiger charge is 2.24. The normalized spacial score (nSPS) is 12.4. The van der Waals surface area contributed by atoms with E-state index in [-0.39, 0.29) is 6.42 Å². The van der Waals surface area contributed by atoms with Crippen LogP contribution in [0.1, 0.15) is 22.8 Å². The number of rotatable bonds is 4. The Labute approximate surface area is 84.8 Å². The van der Waals surface area contributed by atoms with Gasteiger partial charge in [-0.1, -0.05) is 0 Å². The van der Waals surface area contributed by atoms with Crippen LogP contribution in [0.5, 0.6) is 0 Å². The summed E-state index contributed by atoms with van der Waals surface area (Å²) < 4.78 is 0. The minimum absolute atomic E-state index is 0.366. The summed E-state index contributed by atoms with van der Waals surface area (Å²) in [4.78, 5) is 21.8. The van der Waals surface area contributed by atoms with Crippen LogP contribution in [0.25, 0.3) is 0 Å². The molecular formula is C9H10O4S. The molecule has 0 bridgehead atoms. The lowest BCUT2D eigenvalue weighted by molar-refractivity contribution is -0.145. The van der Waals surface area contributed by atoms with E-state index in [9.17, 15) is 9.59 Å². The minimum atomic E-state index is -1.09. The number of carboxylic acid groups (broad SMARTS) is 2. The zero-order valence-electron chi connectivity index (χ0n) is 7.56. The third-order valence-corrected chi connectivity index (χ3v) is 2.94. The second-order valence-corrected chi connectivity index (χ2v) is 3.96. The largest absolute Gasteiger partial charge is 0.481 e. The zero-order chi connectivity index (χ0) is 10.7. The summed E-state index contributed by atoms with van der Waals surface area (Å²) in [6, 6.07) is 1.71. The summed E-state index contributed by atoms with van der Waals surface area (Å²) in [5, 5.41) is 19.2. The first-order valence-electron chi connectivity index (χ1n) is 4.00. The number of carboxylic acids is 2. The van der Waals surface area contributed by atoms with Crippen molar-refractivity contribution in [2.45, 2.75) is 19.3 Å². The topological polar surface area (TPSA) is 74.6 Å². The molecule has 0 aliphatic rings. The van der Waals surface area contributed by atoms with Gasteiger partial charge in [-0.2, -0.15) is 0 Å². The molecule has 76 valence electrons. The van der Waals surface area contributed by atoms with Crippen molar-refractivity contribution in [3.63, 3.8) is 0 Å². The highest BCUT2D eigenvalue weighted by atomic mass is 32.1. The van der Waals surface area contributed by atoms with Gasteiger partial charge in [-0.3, -0.25) is 9.59 Å². The van der Waals surface area contributed by atoms with Crippen molar-refractivity contribution in [1.29, 1.82) is 0 Å². The van der Waals surface area contributed by atoms with Crippen molar-refractivity contribution in [2.75, 3.05) is 0 Å². The van der Waals surface area contributed by atoms with Gasteiger partial charge in [-0.15, -0.1) is 11.3 Å². The molecule has 1 heterocycles. The molecule has 1 atom stereocenters. The van der Waals surface area contributed by atoms with E-state index in [4.69, 9.17) is 10.2 Å². The Hall–Kier alpha value is -1.36. The van der Waals surface area contributed by atoms with Crippen molar-refractivity contribution in [1.82, 2.24) is 0 Å². The van der Waals surface area contributed by atoms with Crippen LogP contribution < -0.4 is 0 Å². The van der Waals surface area contributed by atoms with Gasteiger partial charge in [0.25, 0.3) is 0 Å². The van der Waals surface area contributed by atoms with Gasteiger partial charge in [0, 0.05) is 4.88 Å². The van der Waals surface area contributed by atoms with Crippen LogP contribution in [0.3, 0.4) is 0 Å². The average molecular weight is 214 g/mol. The van der Waals surface area contributed by atoms with E-state index < -0.39 is 17.9 Å². The number of hydrogen-bond donors (Lipinski definition) is 2. The van der Waals surface area contributed by atoms with E-state index in [0.29, 0.717) is 4.88 Å². The van der Waals surface area contributed by atoms with Crippen molar-refractivity contribution < 1.29 is 19.8 Å². The van der Waals surface area contributed by atoms with Crippen LogP contribution >= 0.6 is 11.3 Å². The van der Waals surface area contributed by atoms with Crippen LogP contribution in [0.15, 0.2) is 11.4 Å². The van der Waals surface area contributed by atoms with Gasteiger partial charge in [-0.25, -0.2) is 0 Å².